The molecule has 0 aliphatic carbocycles. The van der Waals surface area contributed by atoms with E-state index in [1.165, 1.54) is 30.5 Å². The van der Waals surface area contributed by atoms with Crippen molar-refractivity contribution in [1.29, 1.82) is 0 Å². The summed E-state index contributed by atoms with van der Waals surface area (Å²) in [7, 11) is 3.36. The van der Waals surface area contributed by atoms with Crippen LogP contribution in [-0.4, -0.2) is 44.2 Å². The van der Waals surface area contributed by atoms with Crippen molar-refractivity contribution in [3.8, 4) is 0 Å². The molecule has 0 bridgehead atoms. The number of benzene rings is 2. The standard InChI is InChI=1S/C20H22N2O4/c1-22-10-9-15-11-16(7-8-17(15)22)18(23)12-21-19(24)13-3-5-14(6-4-13)20(25)26-2/h3-8,11,18,23H,9-10,12H2,1-2H3,(H,21,24)/t18-/m1/s1. The SMILES string of the molecule is COC(=O)c1ccc(C(=O)NC[C@@H](O)c2ccc3c(c2)CCN3C)cc1. The molecule has 0 saturated heterocycles. The molecule has 136 valence electrons. The summed E-state index contributed by atoms with van der Waals surface area (Å²) in [5, 5.41) is 13.1. The number of rotatable bonds is 5. The van der Waals surface area contributed by atoms with Crippen LogP contribution in [-0.2, 0) is 11.2 Å². The van der Waals surface area contributed by atoms with Crippen LogP contribution in [0.4, 0.5) is 5.69 Å². The number of aliphatic hydroxyl groups is 1. The second kappa shape index (κ2) is 7.58. The number of nitrogens with zero attached hydrogens (tertiary/aromatic N) is 1. The minimum absolute atomic E-state index is 0.117. The lowest BCUT2D eigenvalue weighted by molar-refractivity contribution is 0.0600. The van der Waals surface area contributed by atoms with Crippen LogP contribution < -0.4 is 10.2 Å². The van der Waals surface area contributed by atoms with Gasteiger partial charge in [0.1, 0.15) is 0 Å². The highest BCUT2D eigenvalue weighted by atomic mass is 16.5. The van der Waals surface area contributed by atoms with Gasteiger partial charge in [-0.2, -0.15) is 0 Å². The molecule has 2 aromatic rings. The van der Waals surface area contributed by atoms with Gasteiger partial charge in [-0.15, -0.1) is 0 Å². The number of ether oxygens (including phenoxy) is 1. The molecule has 2 N–H and O–H groups in total. The second-order valence-electron chi connectivity index (χ2n) is 6.35. The molecular weight excluding hydrogens is 332 g/mol. The average molecular weight is 354 g/mol. The third kappa shape index (κ3) is 3.70. The molecule has 1 heterocycles. The fourth-order valence-electron chi connectivity index (χ4n) is 3.08. The van der Waals surface area contributed by atoms with E-state index in [4.69, 9.17) is 0 Å². The predicted octanol–water partition coefficient (Wildman–Crippen LogP) is 1.93. The van der Waals surface area contributed by atoms with Crippen molar-refractivity contribution in [3.05, 3.63) is 64.7 Å². The summed E-state index contributed by atoms with van der Waals surface area (Å²) in [6.45, 7) is 1.10. The van der Waals surface area contributed by atoms with Crippen LogP contribution >= 0.6 is 0 Å². The summed E-state index contributed by atoms with van der Waals surface area (Å²) in [5.41, 5.74) is 4.00. The van der Waals surface area contributed by atoms with Crippen LogP contribution in [0.2, 0.25) is 0 Å². The molecule has 1 atom stereocenters. The lowest BCUT2D eigenvalue weighted by Gasteiger charge is -2.15. The topological polar surface area (TPSA) is 78.9 Å². The normalized spacial score (nSPS) is 13.9. The smallest absolute Gasteiger partial charge is 0.337 e. The first-order valence-corrected chi connectivity index (χ1v) is 8.48. The van der Waals surface area contributed by atoms with E-state index in [1.807, 2.05) is 25.2 Å². The highest BCUT2D eigenvalue weighted by Gasteiger charge is 2.18. The number of esters is 1. The van der Waals surface area contributed by atoms with Gasteiger partial charge in [0.15, 0.2) is 0 Å². The third-order valence-electron chi connectivity index (χ3n) is 4.64. The predicted molar refractivity (Wildman–Crippen MR) is 98.5 cm³/mol. The molecule has 0 saturated carbocycles. The number of likely N-dealkylation sites (N-methyl/N-ethyl adjacent to an activating group) is 1. The number of hydrogen-bond donors (Lipinski definition) is 2. The summed E-state index contributed by atoms with van der Waals surface area (Å²) in [5.74, 6) is -0.754. The first-order chi connectivity index (χ1) is 12.5. The summed E-state index contributed by atoms with van der Waals surface area (Å²) in [6.07, 6.45) is 0.190. The number of hydrogen-bond acceptors (Lipinski definition) is 5. The maximum absolute atomic E-state index is 12.2. The van der Waals surface area contributed by atoms with Gasteiger partial charge >= 0.3 is 5.97 Å². The number of fused-ring (bicyclic) bond motifs is 1. The molecule has 0 spiro atoms. The van der Waals surface area contributed by atoms with E-state index < -0.39 is 12.1 Å². The largest absolute Gasteiger partial charge is 0.465 e. The minimum atomic E-state index is -0.774. The van der Waals surface area contributed by atoms with Crippen molar-refractivity contribution in [2.45, 2.75) is 12.5 Å². The first-order valence-electron chi connectivity index (χ1n) is 8.48. The Bertz CT molecular complexity index is 817. The molecule has 6 nitrogen and oxygen atoms in total. The van der Waals surface area contributed by atoms with Gasteiger partial charge < -0.3 is 20.1 Å². The Hall–Kier alpha value is -2.86. The molecule has 1 aliphatic rings. The van der Waals surface area contributed by atoms with Gasteiger partial charge in [0.25, 0.3) is 5.91 Å². The van der Waals surface area contributed by atoms with E-state index in [0.29, 0.717) is 11.1 Å². The third-order valence-corrected chi connectivity index (χ3v) is 4.64. The lowest BCUT2D eigenvalue weighted by Crippen LogP contribution is -2.28. The molecule has 3 rings (SSSR count). The monoisotopic (exact) mass is 354 g/mol. The number of amides is 1. The molecular formula is C20H22N2O4. The Balaban J connectivity index is 1.60. The van der Waals surface area contributed by atoms with Gasteiger partial charge in [0.2, 0.25) is 0 Å². The Kier molecular flexibility index (Phi) is 5.23. The van der Waals surface area contributed by atoms with Crippen LogP contribution in [0.5, 0.6) is 0 Å². The van der Waals surface area contributed by atoms with Crippen molar-refractivity contribution in [3.63, 3.8) is 0 Å². The van der Waals surface area contributed by atoms with E-state index in [9.17, 15) is 14.7 Å². The van der Waals surface area contributed by atoms with Crippen molar-refractivity contribution in [2.24, 2.45) is 0 Å². The number of anilines is 1. The molecule has 0 fully saturated rings. The van der Waals surface area contributed by atoms with Crippen LogP contribution in [0.1, 0.15) is 37.9 Å². The zero-order valence-electron chi connectivity index (χ0n) is 14.9. The summed E-state index contributed by atoms with van der Waals surface area (Å²) < 4.78 is 4.63. The number of nitrogens with one attached hydrogen (secondary N) is 1. The van der Waals surface area contributed by atoms with Crippen LogP contribution in [0.25, 0.3) is 0 Å². The fourth-order valence-corrected chi connectivity index (χ4v) is 3.08. The van der Waals surface area contributed by atoms with Crippen molar-refractivity contribution < 1.29 is 19.4 Å². The Morgan fingerprint density at radius 3 is 2.58 bits per heavy atom. The van der Waals surface area contributed by atoms with Gasteiger partial charge in [-0.1, -0.05) is 12.1 Å². The molecule has 2 aromatic carbocycles. The molecule has 0 unspecified atom stereocenters. The van der Waals surface area contributed by atoms with E-state index >= 15 is 0 Å². The zero-order valence-corrected chi connectivity index (χ0v) is 14.9. The van der Waals surface area contributed by atoms with Crippen molar-refractivity contribution in [2.75, 3.05) is 32.1 Å². The summed E-state index contributed by atoms with van der Waals surface area (Å²) >= 11 is 0. The summed E-state index contributed by atoms with van der Waals surface area (Å²) in [6, 6.07) is 12.1. The van der Waals surface area contributed by atoms with E-state index in [0.717, 1.165) is 18.5 Å². The molecule has 0 aromatic heterocycles. The maximum Gasteiger partial charge on any atom is 0.337 e. The maximum atomic E-state index is 12.2. The van der Waals surface area contributed by atoms with E-state index in [2.05, 4.69) is 15.0 Å². The van der Waals surface area contributed by atoms with Gasteiger partial charge in [-0.25, -0.2) is 4.79 Å². The first kappa shape index (κ1) is 17.9. The quantitative estimate of drug-likeness (QED) is 0.802. The van der Waals surface area contributed by atoms with Gasteiger partial charge in [-0.05, 0) is 47.9 Å². The molecule has 1 aliphatic heterocycles. The van der Waals surface area contributed by atoms with E-state index in [-0.39, 0.29) is 12.5 Å². The molecule has 26 heavy (non-hydrogen) atoms. The lowest BCUT2D eigenvalue weighted by atomic mass is 10.0. The number of aliphatic hydroxyl groups excluding tert-OH is 1. The number of carbonyl (C=O) groups excluding carboxylic acids is 2. The van der Waals surface area contributed by atoms with Crippen LogP contribution in [0.3, 0.4) is 0 Å². The highest BCUT2D eigenvalue weighted by molar-refractivity contribution is 5.96. The van der Waals surface area contributed by atoms with E-state index in [1.54, 1.807) is 12.1 Å². The van der Waals surface area contributed by atoms with Gasteiger partial charge in [0.05, 0.1) is 18.8 Å². The molecule has 0 radical (unpaired) electrons. The van der Waals surface area contributed by atoms with Crippen LogP contribution in [0.15, 0.2) is 42.5 Å². The Morgan fingerprint density at radius 1 is 1.19 bits per heavy atom. The fraction of sp³-hybridized carbons (Fsp3) is 0.300. The number of methoxy groups -OCH3 is 1. The molecule has 1 amide bonds. The minimum Gasteiger partial charge on any atom is -0.465 e. The average Bonchev–Trinajstić information content (AvgIpc) is 3.05. The summed E-state index contributed by atoms with van der Waals surface area (Å²) in [4.78, 5) is 25.8. The zero-order chi connectivity index (χ0) is 18.7. The second-order valence-corrected chi connectivity index (χ2v) is 6.35. The van der Waals surface area contributed by atoms with Gasteiger partial charge in [0, 0.05) is 31.4 Å². The molecule has 6 heteroatoms. The van der Waals surface area contributed by atoms with Crippen LogP contribution in [0, 0.1) is 0 Å². The number of carbonyl (C=O) groups is 2. The Labute approximate surface area is 152 Å². The Morgan fingerprint density at radius 2 is 1.88 bits per heavy atom. The van der Waals surface area contributed by atoms with Gasteiger partial charge in [-0.3, -0.25) is 4.79 Å². The van der Waals surface area contributed by atoms with Crippen molar-refractivity contribution in [1.82, 2.24) is 5.32 Å². The highest BCUT2D eigenvalue weighted by Crippen LogP contribution is 2.29. The van der Waals surface area contributed by atoms with Crippen molar-refractivity contribution >= 4 is 17.6 Å².